The number of rotatable bonds is 2. The van der Waals surface area contributed by atoms with E-state index in [0.717, 1.165) is 22.8 Å². The highest BCUT2D eigenvalue weighted by molar-refractivity contribution is 5.89. The minimum Gasteiger partial charge on any atom is -0.507 e. The van der Waals surface area contributed by atoms with E-state index in [1.54, 1.807) is 0 Å². The van der Waals surface area contributed by atoms with Crippen molar-refractivity contribution in [2.24, 2.45) is 0 Å². The first-order chi connectivity index (χ1) is 9.65. The van der Waals surface area contributed by atoms with Gasteiger partial charge in [-0.25, -0.2) is 0 Å². The number of aromatic hydroxyl groups is 1. The maximum absolute atomic E-state index is 10.5. The Morgan fingerprint density at radius 2 is 1.60 bits per heavy atom. The van der Waals surface area contributed by atoms with E-state index in [1.165, 1.54) is 16.7 Å². The number of hydrogen-bond donors (Lipinski definition) is 1. The fourth-order valence-electron chi connectivity index (χ4n) is 2.69. The van der Waals surface area contributed by atoms with Crippen LogP contribution in [0.15, 0.2) is 54.6 Å². The Hall–Kier alpha value is -2.28. The van der Waals surface area contributed by atoms with E-state index < -0.39 is 0 Å². The van der Waals surface area contributed by atoms with Crippen molar-refractivity contribution in [1.82, 2.24) is 0 Å². The lowest BCUT2D eigenvalue weighted by Crippen LogP contribution is -1.93. The van der Waals surface area contributed by atoms with Gasteiger partial charge in [0.15, 0.2) is 0 Å². The summed E-state index contributed by atoms with van der Waals surface area (Å²) in [5.74, 6) is 0.406. The van der Waals surface area contributed by atoms with Crippen molar-refractivity contribution in [3.05, 3.63) is 76.9 Å². The SMILES string of the molecule is Cc1ccc(Cc2ccc3ccccc3c2O)c(C)c1. The fraction of sp³-hybridized carbons (Fsp3) is 0.158. The van der Waals surface area contributed by atoms with Crippen LogP contribution < -0.4 is 0 Å². The van der Waals surface area contributed by atoms with Crippen molar-refractivity contribution in [3.63, 3.8) is 0 Å². The van der Waals surface area contributed by atoms with Crippen LogP contribution in [0.2, 0.25) is 0 Å². The molecule has 0 aliphatic rings. The number of aryl methyl sites for hydroxylation is 2. The van der Waals surface area contributed by atoms with Crippen LogP contribution in [0.25, 0.3) is 10.8 Å². The molecule has 3 aromatic carbocycles. The minimum absolute atomic E-state index is 0.406. The zero-order chi connectivity index (χ0) is 14.1. The molecule has 0 radical (unpaired) electrons. The smallest absolute Gasteiger partial charge is 0.126 e. The second-order valence-electron chi connectivity index (χ2n) is 5.40. The van der Waals surface area contributed by atoms with E-state index in [-0.39, 0.29) is 0 Å². The number of hydrogen-bond acceptors (Lipinski definition) is 1. The fourth-order valence-corrected chi connectivity index (χ4v) is 2.69. The molecule has 0 saturated heterocycles. The molecule has 0 heterocycles. The first kappa shape index (κ1) is 12.7. The van der Waals surface area contributed by atoms with E-state index >= 15 is 0 Å². The lowest BCUT2D eigenvalue weighted by Gasteiger charge is -2.10. The molecule has 1 nitrogen and oxygen atoms in total. The predicted molar refractivity (Wildman–Crippen MR) is 84.3 cm³/mol. The highest BCUT2D eigenvalue weighted by Gasteiger charge is 2.08. The van der Waals surface area contributed by atoms with E-state index in [9.17, 15) is 5.11 Å². The molecule has 3 aromatic rings. The van der Waals surface area contributed by atoms with Crippen LogP contribution in [-0.2, 0) is 6.42 Å². The predicted octanol–water partition coefficient (Wildman–Crippen LogP) is 4.75. The summed E-state index contributed by atoms with van der Waals surface area (Å²) in [6.45, 7) is 4.23. The van der Waals surface area contributed by atoms with Gasteiger partial charge in [0.05, 0.1) is 0 Å². The molecule has 0 aliphatic carbocycles. The maximum atomic E-state index is 10.5. The molecule has 0 aliphatic heterocycles. The van der Waals surface area contributed by atoms with Crippen molar-refractivity contribution in [2.75, 3.05) is 0 Å². The van der Waals surface area contributed by atoms with Crippen LogP contribution in [0, 0.1) is 13.8 Å². The van der Waals surface area contributed by atoms with Crippen LogP contribution in [0.1, 0.15) is 22.3 Å². The largest absolute Gasteiger partial charge is 0.507 e. The van der Waals surface area contributed by atoms with Crippen molar-refractivity contribution >= 4 is 10.8 Å². The molecule has 0 aromatic heterocycles. The first-order valence-corrected chi connectivity index (χ1v) is 6.91. The Bertz CT molecular complexity index is 772. The normalized spacial score (nSPS) is 10.9. The Morgan fingerprint density at radius 1 is 0.850 bits per heavy atom. The molecule has 1 heteroatoms. The van der Waals surface area contributed by atoms with Crippen LogP contribution in [0.5, 0.6) is 5.75 Å². The zero-order valence-corrected chi connectivity index (χ0v) is 11.9. The Morgan fingerprint density at radius 3 is 2.40 bits per heavy atom. The number of fused-ring (bicyclic) bond motifs is 1. The molecular formula is C19H18O. The Labute approximate surface area is 119 Å². The molecule has 20 heavy (non-hydrogen) atoms. The Kier molecular flexibility index (Phi) is 3.19. The number of phenolic OH excluding ortho intramolecular Hbond substituents is 1. The lowest BCUT2D eigenvalue weighted by molar-refractivity contribution is 0.476. The van der Waals surface area contributed by atoms with Crippen molar-refractivity contribution in [1.29, 1.82) is 0 Å². The molecule has 100 valence electrons. The monoisotopic (exact) mass is 262 g/mol. The van der Waals surface area contributed by atoms with Crippen LogP contribution >= 0.6 is 0 Å². The van der Waals surface area contributed by atoms with Crippen molar-refractivity contribution < 1.29 is 5.11 Å². The summed E-state index contributed by atoms with van der Waals surface area (Å²) in [6.07, 6.45) is 0.767. The van der Waals surface area contributed by atoms with Gasteiger partial charge in [-0.05, 0) is 35.9 Å². The number of phenols is 1. The molecular weight excluding hydrogens is 244 g/mol. The van der Waals surface area contributed by atoms with Crippen LogP contribution in [0.3, 0.4) is 0 Å². The van der Waals surface area contributed by atoms with E-state index in [1.807, 2.05) is 30.3 Å². The molecule has 0 unspecified atom stereocenters. The summed E-state index contributed by atoms with van der Waals surface area (Å²) in [7, 11) is 0. The standard InChI is InChI=1S/C19H18O/c1-13-7-8-16(14(2)11-13)12-17-10-9-15-5-3-4-6-18(15)19(17)20/h3-11,20H,12H2,1-2H3. The van der Waals surface area contributed by atoms with Crippen LogP contribution in [-0.4, -0.2) is 5.11 Å². The lowest BCUT2D eigenvalue weighted by atomic mass is 9.96. The summed E-state index contributed by atoms with van der Waals surface area (Å²) in [5.41, 5.74) is 4.79. The van der Waals surface area contributed by atoms with Gasteiger partial charge in [-0.15, -0.1) is 0 Å². The van der Waals surface area contributed by atoms with Gasteiger partial charge in [0, 0.05) is 11.8 Å². The molecule has 1 N–H and O–H groups in total. The van der Waals surface area contributed by atoms with E-state index in [4.69, 9.17) is 0 Å². The molecule has 0 spiro atoms. The van der Waals surface area contributed by atoms with Gasteiger partial charge in [-0.3, -0.25) is 0 Å². The van der Waals surface area contributed by atoms with E-state index in [2.05, 4.69) is 38.1 Å². The van der Waals surface area contributed by atoms with Crippen molar-refractivity contribution in [3.8, 4) is 5.75 Å². The van der Waals surface area contributed by atoms with Gasteiger partial charge < -0.3 is 5.11 Å². The van der Waals surface area contributed by atoms with Gasteiger partial charge >= 0.3 is 0 Å². The third-order valence-corrected chi connectivity index (χ3v) is 3.86. The molecule has 0 bridgehead atoms. The maximum Gasteiger partial charge on any atom is 0.126 e. The molecule has 0 amide bonds. The third kappa shape index (κ3) is 2.27. The highest BCUT2D eigenvalue weighted by Crippen LogP contribution is 2.30. The first-order valence-electron chi connectivity index (χ1n) is 6.91. The molecule has 0 atom stereocenters. The van der Waals surface area contributed by atoms with Gasteiger partial charge in [0.25, 0.3) is 0 Å². The molecule has 0 fully saturated rings. The summed E-state index contributed by atoms with van der Waals surface area (Å²) in [4.78, 5) is 0. The van der Waals surface area contributed by atoms with Gasteiger partial charge in [-0.2, -0.15) is 0 Å². The Balaban J connectivity index is 2.04. The highest BCUT2D eigenvalue weighted by atomic mass is 16.3. The summed E-state index contributed by atoms with van der Waals surface area (Å²) < 4.78 is 0. The van der Waals surface area contributed by atoms with Gasteiger partial charge in [0.2, 0.25) is 0 Å². The topological polar surface area (TPSA) is 20.2 Å². The quantitative estimate of drug-likeness (QED) is 0.706. The average molecular weight is 262 g/mol. The summed E-state index contributed by atoms with van der Waals surface area (Å²) in [6, 6.07) is 18.5. The molecule has 0 saturated carbocycles. The van der Waals surface area contributed by atoms with Crippen molar-refractivity contribution in [2.45, 2.75) is 20.3 Å². The zero-order valence-electron chi connectivity index (χ0n) is 11.9. The van der Waals surface area contributed by atoms with Crippen LogP contribution in [0.4, 0.5) is 0 Å². The number of benzene rings is 3. The average Bonchev–Trinajstić information content (AvgIpc) is 2.45. The van der Waals surface area contributed by atoms with Gasteiger partial charge in [-0.1, -0.05) is 60.2 Å². The van der Waals surface area contributed by atoms with E-state index in [0.29, 0.717) is 5.75 Å². The molecule has 3 rings (SSSR count). The summed E-state index contributed by atoms with van der Waals surface area (Å²) >= 11 is 0. The second kappa shape index (κ2) is 5.01. The summed E-state index contributed by atoms with van der Waals surface area (Å²) in [5, 5.41) is 12.5. The van der Waals surface area contributed by atoms with Gasteiger partial charge in [0.1, 0.15) is 5.75 Å². The second-order valence-corrected chi connectivity index (χ2v) is 5.40. The minimum atomic E-state index is 0.406. The third-order valence-electron chi connectivity index (χ3n) is 3.86.